The van der Waals surface area contributed by atoms with E-state index in [1.54, 1.807) is 23.1 Å². The molecule has 0 aliphatic carbocycles. The van der Waals surface area contributed by atoms with Crippen LogP contribution in [0.25, 0.3) is 6.08 Å². The number of nitrogens with zero attached hydrogens (tertiary/aromatic N) is 2. The van der Waals surface area contributed by atoms with E-state index in [9.17, 15) is 9.18 Å². The first-order valence-corrected chi connectivity index (χ1v) is 10.5. The number of benzene rings is 2. The van der Waals surface area contributed by atoms with E-state index in [1.165, 1.54) is 13.8 Å². The van der Waals surface area contributed by atoms with Gasteiger partial charge in [-0.05, 0) is 74.2 Å². The van der Waals surface area contributed by atoms with Gasteiger partial charge in [-0.15, -0.1) is 0 Å². The Morgan fingerprint density at radius 2 is 1.97 bits per heavy atom. The normalized spacial score (nSPS) is 18.7. The number of carboxylic acids is 1. The van der Waals surface area contributed by atoms with Crippen LogP contribution in [0.1, 0.15) is 49.1 Å². The Morgan fingerprint density at radius 1 is 1.30 bits per heavy atom. The molecule has 0 unspecified atom stereocenters. The number of carboxylic acid groups (broad SMARTS) is 1. The first kappa shape index (κ1) is 24.3. The van der Waals surface area contributed by atoms with E-state index in [1.807, 2.05) is 13.0 Å². The van der Waals surface area contributed by atoms with Crippen LogP contribution in [0.15, 0.2) is 36.4 Å². The average molecular weight is 458 g/mol. The molecule has 0 saturated carbocycles. The van der Waals surface area contributed by atoms with Gasteiger partial charge in [0, 0.05) is 24.2 Å². The van der Waals surface area contributed by atoms with Crippen LogP contribution in [-0.4, -0.2) is 40.8 Å². The maximum Gasteiger partial charge on any atom is 0.328 e. The topological polar surface area (TPSA) is 73.6 Å². The van der Waals surface area contributed by atoms with E-state index in [0.29, 0.717) is 17.7 Å². The lowest BCUT2D eigenvalue weighted by atomic mass is 9.83. The van der Waals surface area contributed by atoms with Crippen LogP contribution in [0.5, 0.6) is 5.75 Å². The summed E-state index contributed by atoms with van der Waals surface area (Å²) in [7, 11) is 0. The molecule has 0 aromatic heterocycles. The van der Waals surface area contributed by atoms with Crippen molar-refractivity contribution in [2.24, 2.45) is 0 Å². The standard InChI is InChI=1S/C25H25F3N2O3/c1-15-10-17-13-18(33-9-8-29)5-6-19(17)24(30(15)14-25(2,3)28)23-20(26)11-16(12-21(23)27)4-7-22(31)32/h4-7,11-13,15,24H,9-10,14H2,1-3H3,(H,31,32)/b7-4+/t15-,24+/m1/s1. The molecular formula is C25H25F3N2O3. The Balaban J connectivity index is 2.15. The highest BCUT2D eigenvalue weighted by atomic mass is 19.1. The zero-order chi connectivity index (χ0) is 24.3. The summed E-state index contributed by atoms with van der Waals surface area (Å²) in [5.41, 5.74) is -0.363. The number of carbonyl (C=O) groups is 1. The SMILES string of the molecule is C[C@@H]1Cc2cc(OCC#N)ccc2[C@@H](c2c(F)cc(/C=C/C(=O)O)cc2F)N1CC(C)(C)F. The second kappa shape index (κ2) is 9.67. The van der Waals surface area contributed by atoms with Gasteiger partial charge < -0.3 is 9.84 Å². The molecule has 2 atom stereocenters. The van der Waals surface area contributed by atoms with Crippen molar-refractivity contribution in [1.29, 1.82) is 5.26 Å². The van der Waals surface area contributed by atoms with Crippen molar-refractivity contribution in [2.75, 3.05) is 13.2 Å². The largest absolute Gasteiger partial charge is 0.479 e. The number of hydrogen-bond donors (Lipinski definition) is 1. The number of alkyl halides is 1. The van der Waals surface area contributed by atoms with Crippen LogP contribution >= 0.6 is 0 Å². The molecule has 33 heavy (non-hydrogen) atoms. The van der Waals surface area contributed by atoms with Gasteiger partial charge in [0.1, 0.15) is 29.1 Å². The first-order valence-electron chi connectivity index (χ1n) is 10.5. The first-order chi connectivity index (χ1) is 15.5. The van der Waals surface area contributed by atoms with Crippen molar-refractivity contribution in [2.45, 2.75) is 44.9 Å². The van der Waals surface area contributed by atoms with E-state index in [4.69, 9.17) is 15.1 Å². The summed E-state index contributed by atoms with van der Waals surface area (Å²) < 4.78 is 50.7. The fourth-order valence-corrected chi connectivity index (χ4v) is 4.23. The van der Waals surface area contributed by atoms with Gasteiger partial charge in [-0.2, -0.15) is 5.26 Å². The lowest BCUT2D eigenvalue weighted by Crippen LogP contribution is -2.48. The van der Waals surface area contributed by atoms with Crippen molar-refractivity contribution in [3.8, 4) is 11.8 Å². The fraction of sp³-hybridized carbons (Fsp3) is 0.360. The Bertz CT molecular complexity index is 1100. The predicted octanol–water partition coefficient (Wildman–Crippen LogP) is 5.05. The summed E-state index contributed by atoms with van der Waals surface area (Å²) in [6.07, 6.45) is 2.41. The van der Waals surface area contributed by atoms with E-state index < -0.39 is 29.3 Å². The molecule has 1 N–H and O–H groups in total. The van der Waals surface area contributed by atoms with Gasteiger partial charge in [-0.3, -0.25) is 4.90 Å². The minimum atomic E-state index is -1.61. The van der Waals surface area contributed by atoms with Crippen LogP contribution in [0.3, 0.4) is 0 Å². The monoisotopic (exact) mass is 458 g/mol. The molecule has 8 heteroatoms. The molecule has 0 amide bonds. The minimum absolute atomic E-state index is 0.0511. The highest BCUT2D eigenvalue weighted by molar-refractivity contribution is 5.85. The molecule has 0 spiro atoms. The molecule has 5 nitrogen and oxygen atoms in total. The third kappa shape index (κ3) is 5.74. The smallest absolute Gasteiger partial charge is 0.328 e. The Labute approximate surface area is 190 Å². The van der Waals surface area contributed by atoms with Crippen LogP contribution in [-0.2, 0) is 11.2 Å². The molecule has 3 rings (SSSR count). The van der Waals surface area contributed by atoms with Crippen LogP contribution < -0.4 is 4.74 Å². The summed E-state index contributed by atoms with van der Waals surface area (Å²) in [4.78, 5) is 12.5. The number of fused-ring (bicyclic) bond motifs is 1. The van der Waals surface area contributed by atoms with Crippen LogP contribution in [0.2, 0.25) is 0 Å². The summed E-state index contributed by atoms with van der Waals surface area (Å²) in [6, 6.07) is 7.95. The van der Waals surface area contributed by atoms with Gasteiger partial charge in [0.15, 0.2) is 6.61 Å². The quantitative estimate of drug-likeness (QED) is 0.588. The predicted molar refractivity (Wildman–Crippen MR) is 117 cm³/mol. The van der Waals surface area contributed by atoms with Crippen molar-refractivity contribution in [3.05, 3.63) is 70.3 Å². The molecule has 2 aromatic carbocycles. The minimum Gasteiger partial charge on any atom is -0.479 e. The van der Waals surface area contributed by atoms with E-state index in [2.05, 4.69) is 0 Å². The summed E-state index contributed by atoms with van der Waals surface area (Å²) >= 11 is 0. The molecule has 2 aromatic rings. The second-order valence-electron chi connectivity index (χ2n) is 8.72. The number of aliphatic carboxylic acids is 1. The number of rotatable bonds is 7. The number of nitriles is 1. The highest BCUT2D eigenvalue weighted by Crippen LogP contribution is 2.42. The third-order valence-electron chi connectivity index (χ3n) is 5.48. The maximum absolute atomic E-state index is 15.3. The van der Waals surface area contributed by atoms with Crippen molar-refractivity contribution in [1.82, 2.24) is 4.90 Å². The van der Waals surface area contributed by atoms with E-state index in [-0.39, 0.29) is 30.3 Å². The molecule has 1 aliphatic heterocycles. The lowest BCUT2D eigenvalue weighted by Gasteiger charge is -2.44. The van der Waals surface area contributed by atoms with Gasteiger partial charge in [-0.25, -0.2) is 18.0 Å². The second-order valence-corrected chi connectivity index (χ2v) is 8.72. The van der Waals surface area contributed by atoms with Gasteiger partial charge in [0.05, 0.1) is 6.04 Å². The highest BCUT2D eigenvalue weighted by Gasteiger charge is 2.39. The fourth-order valence-electron chi connectivity index (χ4n) is 4.23. The molecule has 174 valence electrons. The van der Waals surface area contributed by atoms with Gasteiger partial charge >= 0.3 is 5.97 Å². The van der Waals surface area contributed by atoms with Crippen LogP contribution in [0.4, 0.5) is 13.2 Å². The van der Waals surface area contributed by atoms with Crippen molar-refractivity contribution < 1.29 is 27.8 Å². The molecule has 0 bridgehead atoms. The van der Waals surface area contributed by atoms with E-state index >= 15 is 8.78 Å². The Morgan fingerprint density at radius 3 is 2.55 bits per heavy atom. The Hall–Kier alpha value is -3.31. The third-order valence-corrected chi connectivity index (χ3v) is 5.48. The summed E-state index contributed by atoms with van der Waals surface area (Å²) in [5.74, 6) is -2.47. The molecular weight excluding hydrogens is 433 g/mol. The molecule has 1 heterocycles. The van der Waals surface area contributed by atoms with Crippen LogP contribution in [0, 0.1) is 23.0 Å². The number of halogens is 3. The van der Waals surface area contributed by atoms with Gasteiger partial charge in [-0.1, -0.05) is 6.07 Å². The number of ether oxygens (including phenoxy) is 1. The van der Waals surface area contributed by atoms with Gasteiger partial charge in [0.25, 0.3) is 0 Å². The summed E-state index contributed by atoms with van der Waals surface area (Å²) in [5, 5.41) is 17.5. The maximum atomic E-state index is 15.3. The molecule has 0 radical (unpaired) electrons. The molecule has 0 fully saturated rings. The zero-order valence-corrected chi connectivity index (χ0v) is 18.6. The molecule has 0 saturated heterocycles. The Kier molecular flexibility index (Phi) is 7.13. The lowest BCUT2D eigenvalue weighted by molar-refractivity contribution is -0.131. The average Bonchev–Trinajstić information content (AvgIpc) is 2.71. The van der Waals surface area contributed by atoms with Crippen molar-refractivity contribution in [3.63, 3.8) is 0 Å². The molecule has 1 aliphatic rings. The van der Waals surface area contributed by atoms with Crippen molar-refractivity contribution >= 4 is 12.0 Å². The summed E-state index contributed by atoms with van der Waals surface area (Å²) in [6.45, 7) is 4.51. The zero-order valence-electron chi connectivity index (χ0n) is 18.6. The number of hydrogen-bond acceptors (Lipinski definition) is 4. The van der Waals surface area contributed by atoms with Gasteiger partial charge in [0.2, 0.25) is 0 Å². The van der Waals surface area contributed by atoms with E-state index in [0.717, 1.165) is 29.8 Å².